The number of hydrogen-bond acceptors (Lipinski definition) is 1. The highest BCUT2D eigenvalue weighted by atomic mass is 19.3. The van der Waals surface area contributed by atoms with Gasteiger partial charge in [0.15, 0.2) is 0 Å². The summed E-state index contributed by atoms with van der Waals surface area (Å²) in [6, 6.07) is 2.48. The Morgan fingerprint density at radius 2 is 1.69 bits per heavy atom. The van der Waals surface area contributed by atoms with Crippen molar-refractivity contribution in [3.05, 3.63) is 35.4 Å². The maximum Gasteiger partial charge on any atom is 0.260 e. The largest absolute Gasteiger partial charge is 0.303 e. The molecule has 5 heteroatoms. The summed E-state index contributed by atoms with van der Waals surface area (Å²) in [5, 5.41) is 2.55. The van der Waals surface area contributed by atoms with Gasteiger partial charge < -0.3 is 5.32 Å². The molecule has 1 rings (SSSR count). The molecule has 0 aliphatic rings. The molecule has 0 amide bonds. The van der Waals surface area contributed by atoms with Crippen molar-refractivity contribution in [2.45, 2.75) is 25.8 Å². The monoisotopic (exact) mass is 235 g/mol. The lowest BCUT2D eigenvalue weighted by molar-refractivity contribution is 0.0391. The highest BCUT2D eigenvalue weighted by Crippen LogP contribution is 2.29. The van der Waals surface area contributed by atoms with Crippen molar-refractivity contribution in [1.29, 1.82) is 0 Å². The highest BCUT2D eigenvalue weighted by Gasteiger charge is 2.36. The van der Waals surface area contributed by atoms with Crippen LogP contribution in [0.3, 0.4) is 0 Å². The van der Waals surface area contributed by atoms with Crippen LogP contribution < -0.4 is 5.32 Å². The predicted molar refractivity (Wildman–Crippen MR) is 53.4 cm³/mol. The molecule has 1 N–H and O–H groups in total. The molecule has 16 heavy (non-hydrogen) atoms. The third kappa shape index (κ3) is 2.52. The van der Waals surface area contributed by atoms with Crippen molar-refractivity contribution in [3.8, 4) is 0 Å². The van der Waals surface area contributed by atoms with Gasteiger partial charge in [0.1, 0.15) is 17.2 Å². The topological polar surface area (TPSA) is 12.0 Å². The first-order valence-corrected chi connectivity index (χ1v) is 4.90. The van der Waals surface area contributed by atoms with Crippen molar-refractivity contribution in [1.82, 2.24) is 5.32 Å². The zero-order valence-electron chi connectivity index (χ0n) is 9.03. The summed E-state index contributed by atoms with van der Waals surface area (Å²) in [6.07, 6.45) is -2.76. The predicted octanol–water partition coefficient (Wildman–Crippen LogP) is 3.05. The lowest BCUT2D eigenvalue weighted by Gasteiger charge is -2.30. The molecule has 0 bridgehead atoms. The molecular weight excluding hydrogens is 222 g/mol. The summed E-state index contributed by atoms with van der Waals surface area (Å²) < 4.78 is 51.7. The second-order valence-corrected chi connectivity index (χ2v) is 3.69. The van der Waals surface area contributed by atoms with Crippen LogP contribution in [0, 0.1) is 11.6 Å². The first-order valence-electron chi connectivity index (χ1n) is 4.90. The van der Waals surface area contributed by atoms with Crippen molar-refractivity contribution >= 4 is 0 Å². The van der Waals surface area contributed by atoms with E-state index >= 15 is 0 Å². The van der Waals surface area contributed by atoms with Crippen LogP contribution in [0.15, 0.2) is 18.2 Å². The van der Waals surface area contributed by atoms with E-state index in [1.807, 2.05) is 0 Å². The molecule has 0 aliphatic carbocycles. The zero-order valence-corrected chi connectivity index (χ0v) is 9.03. The lowest BCUT2D eigenvalue weighted by atomic mass is 9.92. The van der Waals surface area contributed by atoms with Crippen LogP contribution in [0.2, 0.25) is 0 Å². The third-order valence-electron chi connectivity index (χ3n) is 2.44. The van der Waals surface area contributed by atoms with E-state index in [-0.39, 0.29) is 12.1 Å². The molecule has 90 valence electrons. The van der Waals surface area contributed by atoms with E-state index in [1.165, 1.54) is 6.92 Å². The Bertz CT molecular complexity index is 347. The number of nitrogens with one attached hydrogen (secondary N) is 1. The minimum Gasteiger partial charge on any atom is -0.303 e. The molecular formula is C11H13F4N. The average molecular weight is 235 g/mol. The molecule has 0 saturated carbocycles. The van der Waals surface area contributed by atoms with Crippen LogP contribution in [-0.2, 0) is 5.54 Å². The van der Waals surface area contributed by atoms with Gasteiger partial charge in [-0.05, 0) is 31.2 Å². The summed E-state index contributed by atoms with van der Waals surface area (Å²) in [5.41, 5.74) is -1.83. The summed E-state index contributed by atoms with van der Waals surface area (Å²) in [6.45, 7) is 3.14. The molecule has 1 nitrogen and oxygen atoms in total. The molecule has 1 atom stereocenters. The smallest absolute Gasteiger partial charge is 0.260 e. The van der Waals surface area contributed by atoms with Crippen molar-refractivity contribution < 1.29 is 17.6 Å². The van der Waals surface area contributed by atoms with Gasteiger partial charge in [-0.1, -0.05) is 6.92 Å². The normalized spacial score (nSPS) is 15.2. The minimum absolute atomic E-state index is 0.0955. The number of halogens is 4. The van der Waals surface area contributed by atoms with Gasteiger partial charge in [-0.15, -0.1) is 0 Å². The van der Waals surface area contributed by atoms with Gasteiger partial charge in [-0.3, -0.25) is 0 Å². The summed E-state index contributed by atoms with van der Waals surface area (Å²) in [7, 11) is 0. The summed E-state index contributed by atoms with van der Waals surface area (Å²) in [5.74, 6) is -1.72. The van der Waals surface area contributed by atoms with Crippen molar-refractivity contribution in [3.63, 3.8) is 0 Å². The Morgan fingerprint density at radius 3 is 2.06 bits per heavy atom. The van der Waals surface area contributed by atoms with Gasteiger partial charge in [0, 0.05) is 6.07 Å². The van der Waals surface area contributed by atoms with Crippen molar-refractivity contribution in [2.24, 2.45) is 0 Å². The fourth-order valence-electron chi connectivity index (χ4n) is 1.53. The lowest BCUT2D eigenvalue weighted by Crippen LogP contribution is -2.45. The number of alkyl halides is 2. The van der Waals surface area contributed by atoms with Crippen LogP contribution >= 0.6 is 0 Å². The SMILES string of the molecule is CCNC(C)(c1cc(F)cc(F)c1)C(F)F. The molecule has 0 aliphatic heterocycles. The van der Waals surface area contributed by atoms with Gasteiger partial charge in [-0.25, -0.2) is 17.6 Å². The van der Waals surface area contributed by atoms with Crippen molar-refractivity contribution in [2.75, 3.05) is 6.54 Å². The fraction of sp³-hybridized carbons (Fsp3) is 0.455. The Balaban J connectivity index is 3.20. The molecule has 0 saturated heterocycles. The molecule has 0 fully saturated rings. The van der Waals surface area contributed by atoms with Gasteiger partial charge >= 0.3 is 0 Å². The molecule has 1 unspecified atom stereocenters. The standard InChI is InChI=1S/C11H13F4N/c1-3-16-11(2,10(14)15)7-4-8(12)6-9(13)5-7/h4-6,10,16H,3H2,1-2H3. The van der Waals surface area contributed by atoms with E-state index in [2.05, 4.69) is 5.32 Å². The highest BCUT2D eigenvalue weighted by molar-refractivity contribution is 5.26. The zero-order chi connectivity index (χ0) is 12.3. The number of rotatable bonds is 4. The van der Waals surface area contributed by atoms with Crippen LogP contribution in [0.5, 0.6) is 0 Å². The van der Waals surface area contributed by atoms with Crippen LogP contribution in [0.1, 0.15) is 19.4 Å². The van der Waals surface area contributed by atoms with Crippen LogP contribution in [0.25, 0.3) is 0 Å². The fourth-order valence-corrected chi connectivity index (χ4v) is 1.53. The Morgan fingerprint density at radius 1 is 1.19 bits per heavy atom. The van der Waals surface area contributed by atoms with E-state index in [0.29, 0.717) is 6.07 Å². The molecule has 1 aromatic carbocycles. The second kappa shape index (κ2) is 4.82. The molecule has 0 spiro atoms. The Kier molecular flexibility index (Phi) is 3.91. The van der Waals surface area contributed by atoms with E-state index in [0.717, 1.165) is 12.1 Å². The van der Waals surface area contributed by atoms with Gasteiger partial charge in [0.2, 0.25) is 0 Å². The van der Waals surface area contributed by atoms with E-state index < -0.39 is 23.6 Å². The van der Waals surface area contributed by atoms with Gasteiger partial charge in [0.05, 0.1) is 0 Å². The second-order valence-electron chi connectivity index (χ2n) is 3.69. The third-order valence-corrected chi connectivity index (χ3v) is 2.44. The van der Waals surface area contributed by atoms with Crippen LogP contribution in [0.4, 0.5) is 17.6 Å². The summed E-state index contributed by atoms with van der Waals surface area (Å²) >= 11 is 0. The van der Waals surface area contributed by atoms with E-state index in [1.54, 1.807) is 6.92 Å². The van der Waals surface area contributed by atoms with E-state index in [4.69, 9.17) is 0 Å². The number of benzene rings is 1. The summed E-state index contributed by atoms with van der Waals surface area (Å²) in [4.78, 5) is 0. The first kappa shape index (κ1) is 13.0. The molecule has 1 aromatic rings. The molecule has 0 heterocycles. The molecule has 0 radical (unpaired) electrons. The van der Waals surface area contributed by atoms with E-state index in [9.17, 15) is 17.6 Å². The Labute approximate surface area is 91.5 Å². The first-order chi connectivity index (χ1) is 7.40. The Hall–Kier alpha value is -1.10. The number of hydrogen-bond donors (Lipinski definition) is 1. The maximum atomic E-state index is 12.9. The quantitative estimate of drug-likeness (QED) is 0.791. The van der Waals surface area contributed by atoms with Gasteiger partial charge in [-0.2, -0.15) is 0 Å². The van der Waals surface area contributed by atoms with Crippen LogP contribution in [-0.4, -0.2) is 13.0 Å². The minimum atomic E-state index is -2.76. The maximum absolute atomic E-state index is 12.9. The average Bonchev–Trinajstić information content (AvgIpc) is 2.16. The molecule has 0 aromatic heterocycles. The van der Waals surface area contributed by atoms with Gasteiger partial charge in [0.25, 0.3) is 6.43 Å².